The highest BCUT2D eigenvalue weighted by Gasteiger charge is 2.48. The van der Waals surface area contributed by atoms with Crippen molar-refractivity contribution >= 4 is 23.4 Å². The van der Waals surface area contributed by atoms with Gasteiger partial charge in [-0.1, -0.05) is 0 Å². The van der Waals surface area contributed by atoms with Gasteiger partial charge in [0.05, 0.1) is 18.8 Å². The molecule has 2 amide bonds. The van der Waals surface area contributed by atoms with Crippen LogP contribution in [0.2, 0.25) is 0 Å². The molecule has 26 heavy (non-hydrogen) atoms. The number of amides is 2. The van der Waals surface area contributed by atoms with E-state index in [1.807, 2.05) is 4.90 Å². The average Bonchev–Trinajstić information content (AvgIpc) is 3.26. The van der Waals surface area contributed by atoms with Crippen LogP contribution >= 0.6 is 0 Å². The molecule has 2 aromatic heterocycles. The molecular weight excluding hydrogens is 340 g/mol. The van der Waals surface area contributed by atoms with Crippen LogP contribution < -0.4 is 27.2 Å². The van der Waals surface area contributed by atoms with Gasteiger partial charge in [0.2, 0.25) is 17.8 Å². The molecule has 0 bridgehead atoms. The number of morpholine rings is 1. The van der Waals surface area contributed by atoms with E-state index in [2.05, 4.69) is 20.9 Å². The van der Waals surface area contributed by atoms with Crippen molar-refractivity contribution in [3.8, 4) is 0 Å². The van der Waals surface area contributed by atoms with Crippen molar-refractivity contribution < 1.29 is 14.3 Å². The third-order valence-corrected chi connectivity index (χ3v) is 4.57. The second-order valence-electron chi connectivity index (χ2n) is 6.04. The highest BCUT2D eigenvalue weighted by molar-refractivity contribution is 6.05. The van der Waals surface area contributed by atoms with Crippen molar-refractivity contribution in [2.45, 2.75) is 5.54 Å². The summed E-state index contributed by atoms with van der Waals surface area (Å²) in [4.78, 5) is 30.6. The van der Waals surface area contributed by atoms with Crippen LogP contribution in [0.3, 0.4) is 0 Å². The number of aromatic nitrogens is 3. The summed E-state index contributed by atoms with van der Waals surface area (Å²) in [7, 11) is 0. The molecule has 0 aromatic carbocycles. The largest absolute Gasteiger partial charge is 0.378 e. The Hall–Kier alpha value is -3.18. The Balaban J connectivity index is 1.77. The second kappa shape index (κ2) is 5.97. The topological polar surface area (TPSA) is 153 Å². The summed E-state index contributed by atoms with van der Waals surface area (Å²) in [5.74, 6) is -0.941. The molecular formula is C15H18N8O3. The van der Waals surface area contributed by atoms with Gasteiger partial charge in [0.1, 0.15) is 0 Å². The monoisotopic (exact) mass is 358 g/mol. The summed E-state index contributed by atoms with van der Waals surface area (Å²) in [5, 5.41) is 4.44. The highest BCUT2D eigenvalue weighted by atomic mass is 16.5. The molecule has 0 spiro atoms. The Morgan fingerprint density at radius 2 is 2.04 bits per heavy atom. The molecule has 6 N–H and O–H groups in total. The van der Waals surface area contributed by atoms with E-state index in [1.54, 1.807) is 22.8 Å². The van der Waals surface area contributed by atoms with Crippen molar-refractivity contribution in [1.29, 1.82) is 0 Å². The number of primary amides is 2. The molecule has 1 unspecified atom stereocenters. The summed E-state index contributed by atoms with van der Waals surface area (Å²) in [6.07, 6.45) is 2.99. The molecule has 4 heterocycles. The van der Waals surface area contributed by atoms with Gasteiger partial charge in [-0.2, -0.15) is 4.98 Å². The number of anilines is 1. The van der Waals surface area contributed by atoms with Gasteiger partial charge >= 0.3 is 0 Å². The summed E-state index contributed by atoms with van der Waals surface area (Å²) in [6.45, 7) is 2.64. The molecule has 0 aliphatic carbocycles. The summed E-state index contributed by atoms with van der Waals surface area (Å²) in [5.41, 5.74) is 15.8. The molecule has 1 saturated heterocycles. The average molecular weight is 358 g/mol. The summed E-state index contributed by atoms with van der Waals surface area (Å²) >= 11 is 0. The van der Waals surface area contributed by atoms with Gasteiger partial charge in [-0.3, -0.25) is 9.59 Å². The lowest BCUT2D eigenvalue weighted by Crippen LogP contribution is -2.55. The molecule has 2 aliphatic rings. The maximum Gasteiger partial charge on any atom is 0.248 e. The molecule has 0 saturated carbocycles. The van der Waals surface area contributed by atoms with Crippen LogP contribution in [-0.4, -0.2) is 52.7 Å². The standard InChI is InChI=1S/C15H18N8O3/c16-12(24)10-8-18-21-15(10,13(17)25)9-1-2-23-11(7-9)19-14(20-23)22-3-5-26-6-4-22/h1-2,7-8,18,21H,3-6H2,(H2,16,24)(H2,17,25). The first kappa shape index (κ1) is 16.3. The molecule has 2 aliphatic heterocycles. The third kappa shape index (κ3) is 2.36. The van der Waals surface area contributed by atoms with Crippen LogP contribution in [0.25, 0.3) is 5.65 Å². The maximum atomic E-state index is 12.2. The number of nitrogens with zero attached hydrogens (tertiary/aromatic N) is 4. The number of hydrogen-bond donors (Lipinski definition) is 4. The fourth-order valence-corrected chi connectivity index (χ4v) is 3.21. The predicted octanol–water partition coefficient (Wildman–Crippen LogP) is -2.28. The lowest BCUT2D eigenvalue weighted by Gasteiger charge is -2.27. The van der Waals surface area contributed by atoms with Crippen molar-refractivity contribution in [1.82, 2.24) is 25.4 Å². The Kier molecular flexibility index (Phi) is 3.74. The van der Waals surface area contributed by atoms with E-state index in [-0.39, 0.29) is 5.57 Å². The number of hydrazine groups is 1. The first-order valence-electron chi connectivity index (χ1n) is 8.05. The summed E-state index contributed by atoms with van der Waals surface area (Å²) in [6, 6.07) is 3.30. The van der Waals surface area contributed by atoms with Crippen molar-refractivity contribution in [3.05, 3.63) is 35.7 Å². The van der Waals surface area contributed by atoms with Gasteiger partial charge in [-0.25, -0.2) is 9.94 Å². The van der Waals surface area contributed by atoms with E-state index < -0.39 is 17.4 Å². The van der Waals surface area contributed by atoms with Crippen molar-refractivity contribution in [2.24, 2.45) is 11.5 Å². The van der Waals surface area contributed by atoms with Gasteiger partial charge in [-0.15, -0.1) is 5.10 Å². The number of ether oxygens (including phenoxy) is 1. The van der Waals surface area contributed by atoms with E-state index in [4.69, 9.17) is 16.2 Å². The van der Waals surface area contributed by atoms with Crippen LogP contribution in [0.1, 0.15) is 5.56 Å². The zero-order valence-corrected chi connectivity index (χ0v) is 13.8. The Bertz CT molecular complexity index is 917. The van der Waals surface area contributed by atoms with E-state index >= 15 is 0 Å². The minimum atomic E-state index is -1.57. The number of fused-ring (bicyclic) bond motifs is 1. The third-order valence-electron chi connectivity index (χ3n) is 4.57. The number of hydrogen-bond acceptors (Lipinski definition) is 8. The van der Waals surface area contributed by atoms with Crippen LogP contribution in [0, 0.1) is 0 Å². The number of carbonyl (C=O) groups is 2. The predicted molar refractivity (Wildman–Crippen MR) is 90.4 cm³/mol. The smallest absolute Gasteiger partial charge is 0.248 e. The molecule has 4 rings (SSSR count). The molecule has 136 valence electrons. The molecule has 0 radical (unpaired) electrons. The Labute approximate surface area is 147 Å². The molecule has 11 heteroatoms. The van der Waals surface area contributed by atoms with E-state index in [0.717, 1.165) is 0 Å². The van der Waals surface area contributed by atoms with E-state index in [1.165, 1.54) is 6.20 Å². The van der Waals surface area contributed by atoms with Crippen molar-refractivity contribution in [3.63, 3.8) is 0 Å². The van der Waals surface area contributed by atoms with Gasteiger partial charge in [0.25, 0.3) is 0 Å². The number of nitrogens with one attached hydrogen (secondary N) is 2. The van der Waals surface area contributed by atoms with Crippen LogP contribution in [-0.2, 0) is 19.9 Å². The zero-order chi connectivity index (χ0) is 18.3. The van der Waals surface area contributed by atoms with Crippen LogP contribution in [0.4, 0.5) is 5.95 Å². The van der Waals surface area contributed by atoms with Gasteiger partial charge in [-0.05, 0) is 17.7 Å². The van der Waals surface area contributed by atoms with Gasteiger partial charge in [0, 0.05) is 25.5 Å². The lowest BCUT2D eigenvalue weighted by atomic mass is 9.83. The Morgan fingerprint density at radius 3 is 2.73 bits per heavy atom. The number of carbonyl (C=O) groups excluding carboxylic acids is 2. The van der Waals surface area contributed by atoms with Gasteiger partial charge < -0.3 is 26.5 Å². The normalized spacial score (nSPS) is 22.9. The highest BCUT2D eigenvalue weighted by Crippen LogP contribution is 2.32. The fraction of sp³-hybridized carbons (Fsp3) is 0.333. The van der Waals surface area contributed by atoms with Crippen LogP contribution in [0.5, 0.6) is 0 Å². The number of pyridine rings is 1. The quantitative estimate of drug-likeness (QED) is 0.477. The second-order valence-corrected chi connectivity index (χ2v) is 6.04. The first-order valence-corrected chi connectivity index (χ1v) is 8.05. The number of rotatable bonds is 4. The summed E-state index contributed by atoms with van der Waals surface area (Å²) < 4.78 is 6.93. The Morgan fingerprint density at radius 1 is 1.27 bits per heavy atom. The van der Waals surface area contributed by atoms with Crippen molar-refractivity contribution in [2.75, 3.05) is 31.2 Å². The molecule has 1 atom stereocenters. The fourth-order valence-electron chi connectivity index (χ4n) is 3.21. The molecule has 11 nitrogen and oxygen atoms in total. The first-order chi connectivity index (χ1) is 12.5. The van der Waals surface area contributed by atoms with Crippen LogP contribution in [0.15, 0.2) is 30.1 Å². The van der Waals surface area contributed by atoms with E-state index in [0.29, 0.717) is 43.5 Å². The SMILES string of the molecule is NC(=O)C1=CNNC1(C(N)=O)c1ccn2nc(N3CCOCC3)nc2c1. The molecule has 1 fully saturated rings. The minimum absolute atomic E-state index is 0.0299. The number of nitrogens with two attached hydrogens (primary N) is 2. The zero-order valence-electron chi connectivity index (χ0n) is 13.8. The van der Waals surface area contributed by atoms with Gasteiger partial charge in [0.15, 0.2) is 11.2 Å². The van der Waals surface area contributed by atoms with E-state index in [9.17, 15) is 9.59 Å². The lowest BCUT2D eigenvalue weighted by molar-refractivity contribution is -0.125. The maximum absolute atomic E-state index is 12.2. The minimum Gasteiger partial charge on any atom is -0.378 e. The molecule has 2 aromatic rings.